The molecule has 0 radical (unpaired) electrons. The lowest BCUT2D eigenvalue weighted by molar-refractivity contribution is 0.264. The van der Waals surface area contributed by atoms with E-state index < -0.39 is 0 Å². The van der Waals surface area contributed by atoms with Gasteiger partial charge in [-0.3, -0.25) is 4.79 Å². The lowest BCUT2D eigenvalue weighted by Gasteiger charge is -2.22. The zero-order valence-corrected chi connectivity index (χ0v) is 20.1. The number of fused-ring (bicyclic) bond motifs is 2. The van der Waals surface area contributed by atoms with E-state index in [9.17, 15) is 4.79 Å². The largest absolute Gasteiger partial charge is 0.384 e. The summed E-state index contributed by atoms with van der Waals surface area (Å²) in [6, 6.07) is 12.1. The Morgan fingerprint density at radius 2 is 1.60 bits per heavy atom. The van der Waals surface area contributed by atoms with Crippen molar-refractivity contribution in [1.29, 1.82) is 0 Å². The van der Waals surface area contributed by atoms with Crippen molar-refractivity contribution in [3.05, 3.63) is 52.2 Å². The molecule has 1 aromatic heterocycles. The van der Waals surface area contributed by atoms with Crippen molar-refractivity contribution >= 4 is 49.6 Å². The quantitative estimate of drug-likeness (QED) is 0.258. The zero-order chi connectivity index (χ0) is 20.6. The second-order valence-corrected chi connectivity index (χ2v) is 8.94. The summed E-state index contributed by atoms with van der Waals surface area (Å²) in [4.78, 5) is 15.8. The SMILES string of the molecule is CCCCN(CCCC)CCCNc1ccc(C)c2sc3ccccc3c(=O)c12.Cl. The Kier molecular flexibility index (Phi) is 10.1. The third-order valence-electron chi connectivity index (χ3n) is 5.55. The zero-order valence-electron chi connectivity index (χ0n) is 18.5. The molecule has 0 aliphatic rings. The Morgan fingerprint density at radius 3 is 2.30 bits per heavy atom. The van der Waals surface area contributed by atoms with Crippen LogP contribution in [0.5, 0.6) is 0 Å². The molecule has 3 aromatic rings. The fourth-order valence-electron chi connectivity index (χ4n) is 3.80. The number of halogens is 1. The minimum atomic E-state index is 0. The third-order valence-corrected chi connectivity index (χ3v) is 6.85. The molecule has 0 saturated carbocycles. The van der Waals surface area contributed by atoms with Crippen LogP contribution >= 0.6 is 23.7 Å². The summed E-state index contributed by atoms with van der Waals surface area (Å²) in [7, 11) is 0. The van der Waals surface area contributed by atoms with Gasteiger partial charge in [-0.25, -0.2) is 0 Å². The van der Waals surface area contributed by atoms with Gasteiger partial charge in [0.05, 0.1) is 5.39 Å². The summed E-state index contributed by atoms with van der Waals surface area (Å²) in [5.74, 6) is 0. The minimum absolute atomic E-state index is 0. The summed E-state index contributed by atoms with van der Waals surface area (Å²) in [6.45, 7) is 11.0. The second-order valence-electron chi connectivity index (χ2n) is 7.89. The van der Waals surface area contributed by atoms with Crippen LogP contribution < -0.4 is 10.7 Å². The Labute approximate surface area is 190 Å². The van der Waals surface area contributed by atoms with Gasteiger partial charge in [-0.2, -0.15) is 0 Å². The Morgan fingerprint density at radius 1 is 0.933 bits per heavy atom. The first-order chi connectivity index (χ1) is 14.2. The molecule has 0 unspecified atom stereocenters. The normalized spacial score (nSPS) is 11.2. The van der Waals surface area contributed by atoms with Gasteiger partial charge in [0, 0.05) is 27.0 Å². The molecule has 0 amide bonds. The molecule has 0 aliphatic heterocycles. The maximum atomic E-state index is 13.2. The summed E-state index contributed by atoms with van der Waals surface area (Å²) in [5, 5.41) is 5.24. The van der Waals surface area contributed by atoms with Crippen LogP contribution in [0.1, 0.15) is 51.5 Å². The number of unbranched alkanes of at least 4 members (excludes halogenated alkanes) is 2. The molecule has 2 aromatic carbocycles. The standard InChI is InChI=1S/C25H34N2OS.ClH/c1-4-6-16-27(17-7-5-2)18-10-15-26-21-14-13-19(3)25-23(21)24(28)20-11-8-9-12-22(20)29-25;/h8-9,11-14,26H,4-7,10,15-18H2,1-3H3;1H. The van der Waals surface area contributed by atoms with Gasteiger partial charge in [0.1, 0.15) is 0 Å². The summed E-state index contributed by atoms with van der Waals surface area (Å²) in [5.41, 5.74) is 2.29. The number of rotatable bonds is 11. The lowest BCUT2D eigenvalue weighted by Crippen LogP contribution is -2.28. The van der Waals surface area contributed by atoms with Crippen molar-refractivity contribution < 1.29 is 0 Å². The molecule has 30 heavy (non-hydrogen) atoms. The monoisotopic (exact) mass is 446 g/mol. The van der Waals surface area contributed by atoms with Crippen molar-refractivity contribution in [2.75, 3.05) is 31.5 Å². The van der Waals surface area contributed by atoms with E-state index in [4.69, 9.17) is 0 Å². The maximum Gasteiger partial charge on any atom is 0.197 e. The van der Waals surface area contributed by atoms with Crippen molar-refractivity contribution in [2.45, 2.75) is 52.9 Å². The van der Waals surface area contributed by atoms with Crippen LogP contribution in [-0.2, 0) is 0 Å². The first-order valence-electron chi connectivity index (χ1n) is 11.1. The molecule has 3 nitrogen and oxygen atoms in total. The number of nitrogens with zero attached hydrogens (tertiary/aromatic N) is 1. The Bertz CT molecular complexity index is 994. The molecule has 1 N–H and O–H groups in total. The third kappa shape index (κ3) is 5.96. The molecule has 5 heteroatoms. The number of aryl methyl sites for hydroxylation is 1. The molecule has 0 fully saturated rings. The summed E-state index contributed by atoms with van der Waals surface area (Å²) < 4.78 is 2.17. The van der Waals surface area contributed by atoms with Gasteiger partial charge in [0.2, 0.25) is 0 Å². The summed E-state index contributed by atoms with van der Waals surface area (Å²) >= 11 is 1.72. The van der Waals surface area contributed by atoms with Crippen molar-refractivity contribution in [3.63, 3.8) is 0 Å². The van der Waals surface area contributed by atoms with Crippen LogP contribution in [0.3, 0.4) is 0 Å². The number of hydrogen-bond acceptors (Lipinski definition) is 4. The van der Waals surface area contributed by atoms with Crippen molar-refractivity contribution in [1.82, 2.24) is 4.90 Å². The second kappa shape index (κ2) is 12.3. The first kappa shape index (κ1) is 24.6. The molecular formula is C25H35ClN2OS. The molecule has 0 bridgehead atoms. The molecule has 0 aliphatic carbocycles. The van der Waals surface area contributed by atoms with Gasteiger partial charge in [-0.15, -0.1) is 23.7 Å². The van der Waals surface area contributed by atoms with E-state index in [1.165, 1.54) is 44.3 Å². The van der Waals surface area contributed by atoms with E-state index in [0.29, 0.717) is 0 Å². The molecule has 0 spiro atoms. The van der Waals surface area contributed by atoms with Gasteiger partial charge in [-0.1, -0.05) is 44.9 Å². The van der Waals surface area contributed by atoms with Gasteiger partial charge in [0.25, 0.3) is 0 Å². The van der Waals surface area contributed by atoms with E-state index in [1.54, 1.807) is 11.3 Å². The number of anilines is 1. The Balaban J connectivity index is 0.00000320. The first-order valence-corrected chi connectivity index (χ1v) is 11.9. The van der Waals surface area contributed by atoms with Crippen molar-refractivity contribution in [2.24, 2.45) is 0 Å². The maximum absolute atomic E-state index is 13.2. The number of nitrogens with one attached hydrogen (secondary N) is 1. The van der Waals surface area contributed by atoms with Gasteiger partial charge in [0.15, 0.2) is 5.43 Å². The van der Waals surface area contributed by atoms with Crippen LogP contribution in [0.15, 0.2) is 41.2 Å². The molecule has 3 rings (SSSR count). The highest BCUT2D eigenvalue weighted by molar-refractivity contribution is 7.24. The van der Waals surface area contributed by atoms with Crippen LogP contribution in [0.2, 0.25) is 0 Å². The fourth-order valence-corrected chi connectivity index (χ4v) is 4.97. The van der Waals surface area contributed by atoms with Gasteiger partial charge in [-0.05, 0) is 69.6 Å². The molecule has 1 heterocycles. The number of benzene rings is 2. The fraction of sp³-hybridized carbons (Fsp3) is 0.480. The van der Waals surface area contributed by atoms with Crippen molar-refractivity contribution in [3.8, 4) is 0 Å². The topological polar surface area (TPSA) is 32.3 Å². The van der Waals surface area contributed by atoms with Crippen LogP contribution in [-0.4, -0.2) is 31.1 Å². The van der Waals surface area contributed by atoms with Gasteiger partial charge >= 0.3 is 0 Å². The van der Waals surface area contributed by atoms with E-state index >= 15 is 0 Å². The average Bonchev–Trinajstić information content (AvgIpc) is 2.74. The highest BCUT2D eigenvalue weighted by Crippen LogP contribution is 2.31. The summed E-state index contributed by atoms with van der Waals surface area (Å²) in [6.07, 6.45) is 6.13. The van der Waals surface area contributed by atoms with E-state index in [0.717, 1.165) is 45.4 Å². The predicted octanol–water partition coefficient (Wildman–Crippen LogP) is 6.85. The average molecular weight is 447 g/mol. The highest BCUT2D eigenvalue weighted by atomic mass is 35.5. The Hall–Kier alpha value is -1.62. The minimum Gasteiger partial charge on any atom is -0.384 e. The van der Waals surface area contributed by atoms with E-state index in [-0.39, 0.29) is 17.8 Å². The lowest BCUT2D eigenvalue weighted by atomic mass is 10.1. The predicted molar refractivity (Wildman–Crippen MR) is 137 cm³/mol. The number of hydrogen-bond donors (Lipinski definition) is 1. The molecule has 0 saturated heterocycles. The van der Waals surface area contributed by atoms with Crippen LogP contribution in [0, 0.1) is 6.92 Å². The molecule has 164 valence electrons. The van der Waals surface area contributed by atoms with Crippen LogP contribution in [0.25, 0.3) is 20.2 Å². The molecule has 0 atom stereocenters. The van der Waals surface area contributed by atoms with E-state index in [1.807, 2.05) is 24.3 Å². The van der Waals surface area contributed by atoms with Crippen LogP contribution in [0.4, 0.5) is 5.69 Å². The van der Waals surface area contributed by atoms with Gasteiger partial charge < -0.3 is 10.2 Å². The highest BCUT2D eigenvalue weighted by Gasteiger charge is 2.12. The smallest absolute Gasteiger partial charge is 0.197 e. The molecular weight excluding hydrogens is 412 g/mol. The van der Waals surface area contributed by atoms with E-state index in [2.05, 4.69) is 43.1 Å².